The summed E-state index contributed by atoms with van der Waals surface area (Å²) in [6.07, 6.45) is 0.895. The van der Waals surface area contributed by atoms with Crippen LogP contribution >= 0.6 is 11.8 Å². The number of carboxylic acids is 1. The fourth-order valence-electron chi connectivity index (χ4n) is 6.74. The van der Waals surface area contributed by atoms with Crippen LogP contribution in [0.15, 0.2) is 186 Å². The van der Waals surface area contributed by atoms with Gasteiger partial charge >= 0.3 is 5.97 Å². The monoisotopic (exact) mass is 722 g/mol. The predicted octanol–water partition coefficient (Wildman–Crippen LogP) is 13.1. The second-order valence-electron chi connectivity index (χ2n) is 13.3. The second-order valence-corrected chi connectivity index (χ2v) is 14.3. The van der Waals surface area contributed by atoms with Crippen molar-refractivity contribution in [1.29, 1.82) is 0 Å². The molecule has 0 aliphatic rings. The Morgan fingerprint density at radius 2 is 0.926 bits per heavy atom. The van der Waals surface area contributed by atoms with E-state index in [-0.39, 0.29) is 6.61 Å². The maximum absolute atomic E-state index is 11.0. The van der Waals surface area contributed by atoms with E-state index in [0.717, 1.165) is 22.6 Å². The first-order valence-electron chi connectivity index (χ1n) is 18.3. The number of ether oxygens (including phenoxy) is 1. The fourth-order valence-corrected chi connectivity index (χ4v) is 7.85. The van der Waals surface area contributed by atoms with E-state index in [1.54, 1.807) is 11.8 Å². The Morgan fingerprint density at radius 3 is 1.30 bits per heavy atom. The number of hydrogen-bond acceptors (Lipinski definition) is 3. The van der Waals surface area contributed by atoms with Crippen LogP contribution in [0.5, 0.6) is 5.75 Å². The summed E-state index contributed by atoms with van der Waals surface area (Å²) in [7, 11) is 0. The molecular weight excluding hydrogens is 681 g/mol. The van der Waals surface area contributed by atoms with Gasteiger partial charge in [-0.2, -0.15) is 0 Å². The third-order valence-electron chi connectivity index (χ3n) is 9.69. The van der Waals surface area contributed by atoms with Gasteiger partial charge < -0.3 is 9.84 Å². The summed E-state index contributed by atoms with van der Waals surface area (Å²) in [4.78, 5) is 12.1. The molecule has 266 valence electrons. The maximum Gasteiger partial charge on any atom is 0.341 e. The van der Waals surface area contributed by atoms with Crippen LogP contribution in [0.1, 0.15) is 30.0 Å². The van der Waals surface area contributed by atoms with Crippen molar-refractivity contribution in [3.05, 3.63) is 198 Å². The first kappa shape index (κ1) is 36.3. The minimum absolute atomic E-state index is 0.352. The summed E-state index contributed by atoms with van der Waals surface area (Å²) in [6, 6.07) is 62.4. The average Bonchev–Trinajstić information content (AvgIpc) is 3.23. The number of aryl methyl sites for hydroxylation is 1. The van der Waals surface area contributed by atoms with Crippen LogP contribution in [-0.2, 0) is 4.79 Å². The largest absolute Gasteiger partial charge is 0.482 e. The predicted molar refractivity (Wildman–Crippen MR) is 226 cm³/mol. The van der Waals surface area contributed by atoms with E-state index < -0.39 is 5.97 Å². The van der Waals surface area contributed by atoms with Crippen molar-refractivity contribution in [2.24, 2.45) is 0 Å². The normalized spacial score (nSPS) is 10.9. The van der Waals surface area contributed by atoms with Gasteiger partial charge in [-0.25, -0.2) is 4.79 Å². The number of thioether (sulfide) groups is 1. The molecule has 7 rings (SSSR count). The van der Waals surface area contributed by atoms with E-state index in [2.05, 4.69) is 159 Å². The molecule has 7 aromatic rings. The molecule has 0 amide bonds. The first-order valence-corrected chi connectivity index (χ1v) is 19.3. The van der Waals surface area contributed by atoms with E-state index in [1.807, 2.05) is 31.2 Å². The molecule has 1 N–H and O–H groups in total. The highest BCUT2D eigenvalue weighted by Gasteiger charge is 2.14. The molecule has 0 heterocycles. The van der Waals surface area contributed by atoms with Crippen LogP contribution < -0.4 is 4.74 Å². The first-order chi connectivity index (χ1) is 26.4. The molecule has 0 atom stereocenters. The quantitative estimate of drug-likeness (QED) is 0.120. The molecule has 0 aliphatic heterocycles. The topological polar surface area (TPSA) is 46.5 Å². The molecule has 0 unspecified atom stereocenters. The van der Waals surface area contributed by atoms with E-state index >= 15 is 0 Å². The van der Waals surface area contributed by atoms with Gasteiger partial charge in [-0.1, -0.05) is 170 Å². The van der Waals surface area contributed by atoms with Gasteiger partial charge in [0.25, 0.3) is 0 Å². The maximum atomic E-state index is 11.0. The van der Waals surface area contributed by atoms with Crippen LogP contribution in [0.3, 0.4) is 0 Å². The smallest absolute Gasteiger partial charge is 0.341 e. The van der Waals surface area contributed by atoms with Gasteiger partial charge in [-0.15, -0.1) is 11.8 Å². The third kappa shape index (κ3) is 8.74. The van der Waals surface area contributed by atoms with Crippen molar-refractivity contribution < 1.29 is 14.6 Å². The molecule has 0 fully saturated rings. The van der Waals surface area contributed by atoms with Crippen LogP contribution in [0.2, 0.25) is 0 Å². The van der Waals surface area contributed by atoms with Crippen LogP contribution in [-0.4, -0.2) is 23.4 Å². The lowest BCUT2D eigenvalue weighted by Crippen LogP contribution is -2.10. The number of hydrogen-bond donors (Lipinski definition) is 1. The summed E-state index contributed by atoms with van der Waals surface area (Å²) >= 11 is 1.79. The number of rotatable bonds is 13. The van der Waals surface area contributed by atoms with Gasteiger partial charge in [0.15, 0.2) is 6.61 Å². The van der Waals surface area contributed by atoms with E-state index in [0.29, 0.717) is 5.75 Å². The van der Waals surface area contributed by atoms with Crippen molar-refractivity contribution in [1.82, 2.24) is 0 Å². The summed E-state index contributed by atoms with van der Waals surface area (Å²) in [5.41, 5.74) is 15.5. The van der Waals surface area contributed by atoms with Crippen molar-refractivity contribution in [2.45, 2.75) is 25.2 Å². The highest BCUT2D eigenvalue weighted by atomic mass is 32.2. The highest BCUT2D eigenvalue weighted by Crippen LogP contribution is 2.36. The molecule has 0 aliphatic carbocycles. The molecule has 54 heavy (non-hydrogen) atoms. The third-order valence-corrected chi connectivity index (χ3v) is 10.8. The second kappa shape index (κ2) is 17.2. The Kier molecular flexibility index (Phi) is 11.5. The Bertz CT molecular complexity index is 2220. The lowest BCUT2D eigenvalue weighted by molar-refractivity contribution is -0.139. The molecule has 3 nitrogen and oxygen atoms in total. The van der Waals surface area contributed by atoms with Crippen LogP contribution in [0, 0.1) is 6.92 Å². The standard InChI is InChI=1S/C50H42O3S/c1-3-36(34-54-47-30-31-48(35(2)32-47)53-33-49(51)52)50(45-26-22-43(23-27-45)41-18-14-39(15-19-41)37-10-6-4-7-11-37)46-28-24-44(25-29-46)42-20-16-40(17-21-42)38-12-8-5-9-13-38/h4-32H,3,33-34H2,1-2H3,(H,51,52). The minimum Gasteiger partial charge on any atom is -0.482 e. The van der Waals surface area contributed by atoms with Gasteiger partial charge in [-0.05, 0) is 98.3 Å². The van der Waals surface area contributed by atoms with E-state index in [9.17, 15) is 4.79 Å². The van der Waals surface area contributed by atoms with Gasteiger partial charge in [0.1, 0.15) is 5.75 Å². The minimum atomic E-state index is -0.985. The fraction of sp³-hybridized carbons (Fsp3) is 0.100. The Balaban J connectivity index is 1.18. The zero-order valence-electron chi connectivity index (χ0n) is 30.5. The SMILES string of the molecule is CCC(CSc1ccc(OCC(=O)O)c(C)c1)=C(c1ccc(-c2ccc(-c3ccccc3)cc2)cc1)c1ccc(-c2ccc(-c3ccccc3)cc2)cc1. The summed E-state index contributed by atoms with van der Waals surface area (Å²) in [5, 5.41) is 9.04. The molecule has 0 radical (unpaired) electrons. The summed E-state index contributed by atoms with van der Waals surface area (Å²) in [6.45, 7) is 3.83. The lowest BCUT2D eigenvalue weighted by Gasteiger charge is -2.17. The number of carbonyl (C=O) groups is 1. The summed E-state index contributed by atoms with van der Waals surface area (Å²) < 4.78 is 5.47. The van der Waals surface area contributed by atoms with Gasteiger partial charge in [0, 0.05) is 10.6 Å². The molecule has 0 spiro atoms. The van der Waals surface area contributed by atoms with E-state index in [1.165, 1.54) is 66.8 Å². The molecule has 0 bridgehead atoms. The lowest BCUT2D eigenvalue weighted by atomic mass is 9.90. The van der Waals surface area contributed by atoms with Crippen LogP contribution in [0.25, 0.3) is 50.1 Å². The van der Waals surface area contributed by atoms with Gasteiger partial charge in [0.2, 0.25) is 0 Å². The van der Waals surface area contributed by atoms with E-state index in [4.69, 9.17) is 9.84 Å². The van der Waals surface area contributed by atoms with Crippen molar-refractivity contribution in [3.63, 3.8) is 0 Å². The number of carboxylic acid groups (broad SMARTS) is 1. The zero-order chi connectivity index (χ0) is 37.3. The Morgan fingerprint density at radius 1 is 0.537 bits per heavy atom. The summed E-state index contributed by atoms with van der Waals surface area (Å²) in [5.74, 6) is 0.422. The molecule has 7 aromatic carbocycles. The number of aliphatic carboxylic acids is 1. The highest BCUT2D eigenvalue weighted by molar-refractivity contribution is 7.99. The molecule has 0 saturated heterocycles. The van der Waals surface area contributed by atoms with Crippen molar-refractivity contribution >= 4 is 23.3 Å². The molecular formula is C50H42O3S. The van der Waals surface area contributed by atoms with Crippen molar-refractivity contribution in [3.8, 4) is 50.3 Å². The average molecular weight is 723 g/mol. The molecule has 0 aromatic heterocycles. The van der Waals surface area contributed by atoms with Crippen molar-refractivity contribution in [2.75, 3.05) is 12.4 Å². The Labute approximate surface area is 322 Å². The van der Waals surface area contributed by atoms with Gasteiger partial charge in [0.05, 0.1) is 0 Å². The van der Waals surface area contributed by atoms with Crippen LogP contribution in [0.4, 0.5) is 0 Å². The molecule has 4 heteroatoms. The number of benzene rings is 7. The Hall–Kier alpha value is -6.10. The zero-order valence-corrected chi connectivity index (χ0v) is 31.4. The molecule has 0 saturated carbocycles. The van der Waals surface area contributed by atoms with Gasteiger partial charge in [-0.3, -0.25) is 0 Å².